The molecule has 0 aliphatic rings. The zero-order valence-corrected chi connectivity index (χ0v) is 31.0. The number of amides is 3. The molecule has 0 radical (unpaired) electrons. The first kappa shape index (κ1) is 45.1. The number of ether oxygens (including phenoxy) is 1. The summed E-state index contributed by atoms with van der Waals surface area (Å²) < 4.78 is 5.20. The molecule has 0 aliphatic heterocycles. The van der Waals surface area contributed by atoms with Crippen molar-refractivity contribution in [2.24, 2.45) is 5.73 Å². The topological polar surface area (TPSA) is 224 Å². The van der Waals surface area contributed by atoms with Gasteiger partial charge in [0.2, 0.25) is 11.8 Å². The van der Waals surface area contributed by atoms with Crippen LogP contribution in [0.3, 0.4) is 0 Å². The molecule has 2 rings (SSSR count). The number of nitrogens with two attached hydrogens (primary N) is 1. The summed E-state index contributed by atoms with van der Waals surface area (Å²) in [5.74, 6) is -1.11. The average molecular weight is 717 g/mol. The molecular formula is C37H60N6O8. The van der Waals surface area contributed by atoms with Crippen molar-refractivity contribution < 1.29 is 39.2 Å². The van der Waals surface area contributed by atoms with Gasteiger partial charge in [0.25, 0.3) is 0 Å². The smallest absolute Gasteiger partial charge is 0.407 e. The van der Waals surface area contributed by atoms with Gasteiger partial charge in [0.1, 0.15) is 17.9 Å². The minimum atomic E-state index is -1.42. The minimum absolute atomic E-state index is 0.148. The Labute approximate surface area is 302 Å². The Hall–Kier alpha value is -3.92. The number of carbonyl (C=O) groups is 4. The zero-order valence-electron chi connectivity index (χ0n) is 31.0. The van der Waals surface area contributed by atoms with Gasteiger partial charge >= 0.3 is 6.09 Å². The fourth-order valence-corrected chi connectivity index (χ4v) is 4.82. The molecule has 0 aromatic heterocycles. The lowest BCUT2D eigenvalue weighted by Crippen LogP contribution is -2.55. The first-order chi connectivity index (χ1) is 24.0. The molecule has 3 unspecified atom stereocenters. The Morgan fingerprint density at radius 1 is 0.725 bits per heavy atom. The Morgan fingerprint density at radius 2 is 1.18 bits per heavy atom. The van der Waals surface area contributed by atoms with Gasteiger partial charge in [0.05, 0.1) is 37.3 Å². The molecule has 7 atom stereocenters. The van der Waals surface area contributed by atoms with Crippen LogP contribution < -0.4 is 32.3 Å². The number of benzene rings is 2. The highest BCUT2D eigenvalue weighted by molar-refractivity contribution is 5.88. The van der Waals surface area contributed by atoms with Crippen LogP contribution in [0.5, 0.6) is 0 Å². The molecule has 0 fully saturated rings. The number of Topliss-reactive ketones (excluding diaryl/α,β-unsaturated/α-hetero) is 1. The van der Waals surface area contributed by atoms with Gasteiger partial charge in [-0.15, -0.1) is 0 Å². The second-order valence-corrected chi connectivity index (χ2v) is 13.3. The molecule has 3 amide bonds. The molecule has 2 aromatic rings. The van der Waals surface area contributed by atoms with Crippen molar-refractivity contribution in [1.82, 2.24) is 26.6 Å². The molecule has 286 valence electrons. The van der Waals surface area contributed by atoms with Crippen LogP contribution in [-0.2, 0) is 19.1 Å². The largest absolute Gasteiger partial charge is 0.444 e. The third kappa shape index (κ3) is 18.8. The number of hydrogen-bond acceptors (Lipinski definition) is 11. The molecule has 0 bridgehead atoms. The summed E-state index contributed by atoms with van der Waals surface area (Å²) in [6, 6.07) is 17.3. The highest BCUT2D eigenvalue weighted by Gasteiger charge is 2.29. The van der Waals surface area contributed by atoms with Crippen LogP contribution in [0, 0.1) is 0 Å². The number of alkyl carbamates (subject to hydrolysis) is 1. The van der Waals surface area contributed by atoms with E-state index in [2.05, 4.69) is 26.6 Å². The monoisotopic (exact) mass is 716 g/mol. The Kier molecular flexibility index (Phi) is 20.8. The summed E-state index contributed by atoms with van der Waals surface area (Å²) in [5, 5.41) is 43.6. The third-order valence-corrected chi connectivity index (χ3v) is 7.55. The van der Waals surface area contributed by atoms with Gasteiger partial charge in [0, 0.05) is 0 Å². The lowest BCUT2D eigenvalue weighted by Gasteiger charge is -2.29. The first-order valence-electron chi connectivity index (χ1n) is 17.5. The molecule has 2 aromatic carbocycles. The average Bonchev–Trinajstić information content (AvgIpc) is 3.09. The highest BCUT2D eigenvalue weighted by atomic mass is 16.6. The zero-order chi connectivity index (χ0) is 38.6. The quantitative estimate of drug-likeness (QED) is 0.0960. The van der Waals surface area contributed by atoms with Crippen molar-refractivity contribution >= 4 is 23.7 Å². The molecule has 14 heteroatoms. The van der Waals surface area contributed by atoms with E-state index in [1.54, 1.807) is 20.8 Å². The van der Waals surface area contributed by atoms with Gasteiger partial charge in [-0.25, -0.2) is 4.79 Å². The second-order valence-electron chi connectivity index (χ2n) is 13.3. The summed E-state index contributed by atoms with van der Waals surface area (Å²) in [7, 11) is 0. The van der Waals surface area contributed by atoms with Crippen LogP contribution in [0.4, 0.5) is 4.79 Å². The maximum absolute atomic E-state index is 12.1. The van der Waals surface area contributed by atoms with Gasteiger partial charge in [-0.3, -0.25) is 25.0 Å². The molecule has 10 N–H and O–H groups in total. The van der Waals surface area contributed by atoms with Gasteiger partial charge in [-0.2, -0.15) is 0 Å². The second kappa shape index (κ2) is 23.5. The van der Waals surface area contributed by atoms with E-state index in [-0.39, 0.29) is 37.0 Å². The maximum atomic E-state index is 12.1. The number of aliphatic hydroxyl groups excluding tert-OH is 3. The van der Waals surface area contributed by atoms with E-state index in [0.29, 0.717) is 19.3 Å². The molecule has 0 heterocycles. The van der Waals surface area contributed by atoms with Crippen molar-refractivity contribution in [3.8, 4) is 0 Å². The summed E-state index contributed by atoms with van der Waals surface area (Å²) >= 11 is 0. The highest BCUT2D eigenvalue weighted by Crippen LogP contribution is 2.13. The third-order valence-electron chi connectivity index (χ3n) is 7.55. The SMILES string of the molecule is CCCC(N)C(=O)[C@H](O)NCC(=O)N[C@H](C)c1ccccc1.CCCC(NC(=O)OC(C)(C)C)C(O)[C@H](O)NCC(=O)N[C@H](C)c1ccccc1. The standard InChI is InChI=1S/C21H35N3O5.C16H25N3O3/c1-6-10-16(24-20(28)29-21(3,4)5)18(26)19(27)22-13-17(25)23-14(2)15-11-8-7-9-12-15;1-3-7-13(17)15(21)16(22)18-10-14(20)19-11(2)12-8-5-4-6-9-12/h7-9,11-12,14,16,18-19,22,26-27H,6,10,13H2,1-5H3,(H,23,25)(H,24,28);4-6,8-9,11,13,16,18,22H,3,7,10,17H2,1-2H3,(H,19,20)/t14-,16?,18?,19+;11-,13?,16+/m11/s1. The predicted molar refractivity (Wildman–Crippen MR) is 196 cm³/mol. The van der Waals surface area contributed by atoms with Crippen LogP contribution in [0.2, 0.25) is 0 Å². The Morgan fingerprint density at radius 3 is 1.61 bits per heavy atom. The summed E-state index contributed by atoms with van der Waals surface area (Å²) in [4.78, 5) is 47.7. The molecule has 0 saturated carbocycles. The van der Waals surface area contributed by atoms with Crippen molar-refractivity contribution in [2.75, 3.05) is 13.1 Å². The van der Waals surface area contributed by atoms with Crippen LogP contribution in [-0.4, -0.2) is 88.3 Å². The lowest BCUT2D eigenvalue weighted by atomic mass is 10.0. The lowest BCUT2D eigenvalue weighted by molar-refractivity contribution is -0.131. The van der Waals surface area contributed by atoms with Crippen molar-refractivity contribution in [2.45, 2.75) is 122 Å². The van der Waals surface area contributed by atoms with Crippen molar-refractivity contribution in [3.63, 3.8) is 0 Å². The van der Waals surface area contributed by atoms with E-state index in [4.69, 9.17) is 10.5 Å². The van der Waals surface area contributed by atoms with Crippen LogP contribution in [0.15, 0.2) is 60.7 Å². The number of carbonyl (C=O) groups excluding carboxylic acids is 4. The van der Waals surface area contributed by atoms with E-state index in [1.807, 2.05) is 88.4 Å². The van der Waals surface area contributed by atoms with E-state index < -0.39 is 48.1 Å². The van der Waals surface area contributed by atoms with Crippen LogP contribution in [0.25, 0.3) is 0 Å². The summed E-state index contributed by atoms with van der Waals surface area (Å²) in [5.41, 5.74) is 6.92. The van der Waals surface area contributed by atoms with E-state index >= 15 is 0 Å². The van der Waals surface area contributed by atoms with Crippen molar-refractivity contribution in [1.29, 1.82) is 0 Å². The number of ketones is 1. The van der Waals surface area contributed by atoms with E-state index in [1.165, 1.54) is 0 Å². The predicted octanol–water partition coefficient (Wildman–Crippen LogP) is 2.29. The fourth-order valence-electron chi connectivity index (χ4n) is 4.82. The summed E-state index contributed by atoms with van der Waals surface area (Å²) in [6.45, 7) is 12.4. The van der Waals surface area contributed by atoms with Crippen molar-refractivity contribution in [3.05, 3.63) is 71.8 Å². The first-order valence-corrected chi connectivity index (χ1v) is 17.5. The minimum Gasteiger partial charge on any atom is -0.444 e. The van der Waals surface area contributed by atoms with Crippen LogP contribution in [0.1, 0.15) is 97.4 Å². The summed E-state index contributed by atoms with van der Waals surface area (Å²) in [6.07, 6.45) is -2.39. The van der Waals surface area contributed by atoms with Gasteiger partial charge in [-0.1, -0.05) is 87.4 Å². The molecule has 51 heavy (non-hydrogen) atoms. The normalized spacial score (nSPS) is 15.4. The molecule has 0 saturated heterocycles. The van der Waals surface area contributed by atoms with Gasteiger partial charge < -0.3 is 41.7 Å². The number of nitrogens with one attached hydrogen (secondary N) is 5. The maximum Gasteiger partial charge on any atom is 0.407 e. The molecule has 0 aliphatic carbocycles. The number of rotatable bonds is 19. The van der Waals surface area contributed by atoms with Gasteiger partial charge in [-0.05, 0) is 58.6 Å². The fraction of sp³-hybridized carbons (Fsp3) is 0.568. The van der Waals surface area contributed by atoms with Crippen LogP contribution >= 0.6 is 0 Å². The molecule has 0 spiro atoms. The van der Waals surface area contributed by atoms with E-state index in [9.17, 15) is 34.5 Å². The Balaban J connectivity index is 0.000000530. The van der Waals surface area contributed by atoms with E-state index in [0.717, 1.165) is 17.5 Å². The molecular weight excluding hydrogens is 656 g/mol. The number of aliphatic hydroxyl groups is 3. The molecule has 14 nitrogen and oxygen atoms in total. The number of hydrogen-bond donors (Lipinski definition) is 9. The van der Waals surface area contributed by atoms with Gasteiger partial charge in [0.15, 0.2) is 12.0 Å². The Bertz CT molecular complexity index is 1310.